The predicted octanol–water partition coefficient (Wildman–Crippen LogP) is 4.96. The standard InChI is InChI=1S/C16H21BrO2/c1-2-3-12-4-6-13(7-5-12)16(18)19-15-10-8-14(17)9-11-15/h8-13H,2-7H2,1H3. The molecule has 2 nitrogen and oxygen atoms in total. The molecule has 1 aromatic carbocycles. The quantitative estimate of drug-likeness (QED) is 0.578. The van der Waals surface area contributed by atoms with Crippen LogP contribution in [-0.2, 0) is 4.79 Å². The Morgan fingerprint density at radius 2 is 1.84 bits per heavy atom. The van der Waals surface area contributed by atoms with Crippen LogP contribution in [-0.4, -0.2) is 5.97 Å². The van der Waals surface area contributed by atoms with Gasteiger partial charge in [-0.15, -0.1) is 0 Å². The summed E-state index contributed by atoms with van der Waals surface area (Å²) in [5, 5.41) is 0. The summed E-state index contributed by atoms with van der Waals surface area (Å²) in [6, 6.07) is 7.43. The molecule has 1 fully saturated rings. The molecule has 1 saturated carbocycles. The number of halogens is 1. The largest absolute Gasteiger partial charge is 0.426 e. The molecule has 0 radical (unpaired) electrons. The van der Waals surface area contributed by atoms with Crippen molar-refractivity contribution in [3.05, 3.63) is 28.7 Å². The van der Waals surface area contributed by atoms with E-state index in [1.54, 1.807) is 0 Å². The van der Waals surface area contributed by atoms with Gasteiger partial charge < -0.3 is 4.74 Å². The van der Waals surface area contributed by atoms with Gasteiger partial charge in [0.1, 0.15) is 5.75 Å². The number of ether oxygens (including phenoxy) is 1. The van der Waals surface area contributed by atoms with Crippen molar-refractivity contribution in [2.45, 2.75) is 45.4 Å². The van der Waals surface area contributed by atoms with Crippen LogP contribution in [0.15, 0.2) is 28.7 Å². The molecular weight excluding hydrogens is 304 g/mol. The highest BCUT2D eigenvalue weighted by Crippen LogP contribution is 2.32. The summed E-state index contributed by atoms with van der Waals surface area (Å²) < 4.78 is 6.44. The zero-order valence-electron chi connectivity index (χ0n) is 11.4. The van der Waals surface area contributed by atoms with Gasteiger partial charge in [0.2, 0.25) is 0 Å². The van der Waals surface area contributed by atoms with Crippen molar-refractivity contribution in [2.75, 3.05) is 0 Å². The molecule has 0 bridgehead atoms. The number of rotatable bonds is 4. The predicted molar refractivity (Wildman–Crippen MR) is 80.1 cm³/mol. The summed E-state index contributed by atoms with van der Waals surface area (Å²) in [4.78, 5) is 12.1. The summed E-state index contributed by atoms with van der Waals surface area (Å²) in [5.41, 5.74) is 0. The number of benzene rings is 1. The van der Waals surface area contributed by atoms with Crippen LogP contribution in [0.25, 0.3) is 0 Å². The minimum Gasteiger partial charge on any atom is -0.426 e. The fourth-order valence-electron chi connectivity index (χ4n) is 2.80. The first kappa shape index (κ1) is 14.6. The Bertz CT molecular complexity index is 405. The fraction of sp³-hybridized carbons (Fsp3) is 0.562. The molecule has 0 saturated heterocycles. The van der Waals surface area contributed by atoms with Crippen molar-refractivity contribution in [1.29, 1.82) is 0 Å². The van der Waals surface area contributed by atoms with E-state index >= 15 is 0 Å². The first-order valence-electron chi connectivity index (χ1n) is 7.16. The lowest BCUT2D eigenvalue weighted by Gasteiger charge is -2.26. The zero-order chi connectivity index (χ0) is 13.7. The van der Waals surface area contributed by atoms with Gasteiger partial charge in [0.05, 0.1) is 5.92 Å². The number of carbonyl (C=O) groups is 1. The molecule has 1 aliphatic rings. The number of esters is 1. The zero-order valence-corrected chi connectivity index (χ0v) is 13.0. The first-order chi connectivity index (χ1) is 9.19. The monoisotopic (exact) mass is 324 g/mol. The van der Waals surface area contributed by atoms with Gasteiger partial charge in [-0.25, -0.2) is 0 Å². The Labute approximate surface area is 123 Å². The van der Waals surface area contributed by atoms with E-state index in [-0.39, 0.29) is 11.9 Å². The van der Waals surface area contributed by atoms with Crippen molar-refractivity contribution in [3.63, 3.8) is 0 Å². The summed E-state index contributed by atoms with van der Waals surface area (Å²) in [5.74, 6) is 1.50. The molecule has 19 heavy (non-hydrogen) atoms. The third-order valence-electron chi connectivity index (χ3n) is 3.91. The summed E-state index contributed by atoms with van der Waals surface area (Å²) in [6.45, 7) is 2.23. The Kier molecular flexibility index (Phi) is 5.44. The molecular formula is C16H21BrO2. The van der Waals surface area contributed by atoms with Crippen molar-refractivity contribution in [2.24, 2.45) is 11.8 Å². The van der Waals surface area contributed by atoms with Gasteiger partial charge in [-0.3, -0.25) is 4.79 Å². The molecule has 0 unspecified atom stereocenters. The van der Waals surface area contributed by atoms with E-state index in [0.717, 1.165) is 23.2 Å². The molecule has 0 atom stereocenters. The van der Waals surface area contributed by atoms with E-state index in [1.165, 1.54) is 25.7 Å². The van der Waals surface area contributed by atoms with Crippen molar-refractivity contribution in [3.8, 4) is 5.75 Å². The van der Waals surface area contributed by atoms with E-state index in [1.807, 2.05) is 24.3 Å². The Hall–Kier alpha value is -0.830. The number of hydrogen-bond donors (Lipinski definition) is 0. The summed E-state index contributed by atoms with van der Waals surface area (Å²) in [6.07, 6.45) is 6.87. The second-order valence-corrected chi connectivity index (χ2v) is 6.30. The lowest BCUT2D eigenvalue weighted by Crippen LogP contribution is -2.25. The maximum Gasteiger partial charge on any atom is 0.314 e. The summed E-state index contributed by atoms with van der Waals surface area (Å²) in [7, 11) is 0. The molecule has 0 aliphatic heterocycles. The van der Waals surface area contributed by atoms with Gasteiger partial charge >= 0.3 is 5.97 Å². The van der Waals surface area contributed by atoms with Crippen LogP contribution < -0.4 is 4.74 Å². The highest BCUT2D eigenvalue weighted by Gasteiger charge is 2.27. The SMILES string of the molecule is CCCC1CCC(C(=O)Oc2ccc(Br)cc2)CC1. The van der Waals surface area contributed by atoms with Gasteiger partial charge in [-0.1, -0.05) is 35.7 Å². The van der Waals surface area contributed by atoms with Crippen LogP contribution in [0, 0.1) is 11.8 Å². The molecule has 0 heterocycles. The van der Waals surface area contributed by atoms with E-state index in [4.69, 9.17) is 4.74 Å². The van der Waals surface area contributed by atoms with Crippen LogP contribution in [0.5, 0.6) is 5.75 Å². The normalized spacial score (nSPS) is 23.1. The van der Waals surface area contributed by atoms with E-state index < -0.39 is 0 Å². The number of carbonyl (C=O) groups excluding carboxylic acids is 1. The lowest BCUT2D eigenvalue weighted by molar-refractivity contribution is -0.140. The fourth-order valence-corrected chi connectivity index (χ4v) is 3.06. The van der Waals surface area contributed by atoms with Gasteiger partial charge in [-0.2, -0.15) is 0 Å². The Morgan fingerprint density at radius 1 is 1.21 bits per heavy atom. The topological polar surface area (TPSA) is 26.3 Å². The van der Waals surface area contributed by atoms with Crippen molar-refractivity contribution in [1.82, 2.24) is 0 Å². The first-order valence-corrected chi connectivity index (χ1v) is 7.95. The second kappa shape index (κ2) is 7.09. The molecule has 1 aliphatic carbocycles. The minimum absolute atomic E-state index is 0.0581. The molecule has 2 rings (SSSR count). The van der Waals surface area contributed by atoms with Crippen LogP contribution in [0.3, 0.4) is 0 Å². The average molecular weight is 325 g/mol. The molecule has 104 valence electrons. The smallest absolute Gasteiger partial charge is 0.314 e. The molecule has 3 heteroatoms. The Balaban J connectivity index is 1.83. The van der Waals surface area contributed by atoms with Gasteiger partial charge in [0, 0.05) is 4.47 Å². The van der Waals surface area contributed by atoms with Gasteiger partial charge in [-0.05, 0) is 55.9 Å². The van der Waals surface area contributed by atoms with Crippen molar-refractivity contribution >= 4 is 21.9 Å². The molecule has 0 N–H and O–H groups in total. The van der Waals surface area contributed by atoms with Gasteiger partial charge in [0.15, 0.2) is 0 Å². The number of hydrogen-bond acceptors (Lipinski definition) is 2. The minimum atomic E-state index is -0.0581. The second-order valence-electron chi connectivity index (χ2n) is 5.38. The van der Waals surface area contributed by atoms with Crippen LogP contribution in [0.4, 0.5) is 0 Å². The van der Waals surface area contributed by atoms with Crippen molar-refractivity contribution < 1.29 is 9.53 Å². The maximum absolute atomic E-state index is 12.1. The maximum atomic E-state index is 12.1. The van der Waals surface area contributed by atoms with E-state index in [0.29, 0.717) is 5.75 Å². The van der Waals surface area contributed by atoms with Crippen LogP contribution >= 0.6 is 15.9 Å². The van der Waals surface area contributed by atoms with E-state index in [9.17, 15) is 4.79 Å². The average Bonchev–Trinajstić information content (AvgIpc) is 2.42. The lowest BCUT2D eigenvalue weighted by atomic mass is 9.80. The summed E-state index contributed by atoms with van der Waals surface area (Å²) >= 11 is 3.37. The van der Waals surface area contributed by atoms with Crippen LogP contribution in [0.1, 0.15) is 45.4 Å². The third kappa shape index (κ3) is 4.34. The highest BCUT2D eigenvalue weighted by atomic mass is 79.9. The van der Waals surface area contributed by atoms with E-state index in [2.05, 4.69) is 22.9 Å². The Morgan fingerprint density at radius 3 is 2.42 bits per heavy atom. The molecule has 0 aromatic heterocycles. The molecule has 1 aromatic rings. The van der Waals surface area contributed by atoms with Crippen LogP contribution in [0.2, 0.25) is 0 Å². The highest BCUT2D eigenvalue weighted by molar-refractivity contribution is 9.10. The molecule has 0 amide bonds. The van der Waals surface area contributed by atoms with Gasteiger partial charge in [0.25, 0.3) is 0 Å². The third-order valence-corrected chi connectivity index (χ3v) is 4.44. The molecule has 0 spiro atoms.